The summed E-state index contributed by atoms with van der Waals surface area (Å²) in [7, 11) is 3.13. The van der Waals surface area contributed by atoms with Crippen LogP contribution >= 0.6 is 0 Å². The smallest absolute Gasteiger partial charge is 0.224 e. The number of hydrogen-bond donors (Lipinski definition) is 1. The summed E-state index contributed by atoms with van der Waals surface area (Å²) >= 11 is 0. The summed E-state index contributed by atoms with van der Waals surface area (Å²) < 4.78 is 23.7. The van der Waals surface area contributed by atoms with Gasteiger partial charge < -0.3 is 14.8 Å². The number of aryl methyl sites for hydroxylation is 1. The Balaban J connectivity index is 2.00. The Labute approximate surface area is 135 Å². The van der Waals surface area contributed by atoms with Gasteiger partial charge in [0.2, 0.25) is 5.91 Å². The number of hydrogen-bond acceptors (Lipinski definition) is 3. The molecule has 2 aromatic rings. The molecule has 0 atom stereocenters. The SMILES string of the molecule is COc1ccc(OC)c(CC(=O)NCc2ccc(F)c(C)c2)c1. The lowest BCUT2D eigenvalue weighted by Crippen LogP contribution is -2.24. The molecule has 0 aliphatic carbocycles. The predicted octanol–water partition coefficient (Wildman–Crippen LogP) is 3.01. The number of methoxy groups -OCH3 is 2. The fourth-order valence-electron chi connectivity index (χ4n) is 2.27. The first-order valence-corrected chi connectivity index (χ1v) is 7.26. The van der Waals surface area contributed by atoms with Crippen molar-refractivity contribution in [3.63, 3.8) is 0 Å². The van der Waals surface area contributed by atoms with Crippen LogP contribution in [0.15, 0.2) is 36.4 Å². The van der Waals surface area contributed by atoms with Crippen LogP contribution in [-0.2, 0) is 17.8 Å². The first kappa shape index (κ1) is 16.8. The summed E-state index contributed by atoms with van der Waals surface area (Å²) in [6.07, 6.45) is 0.181. The van der Waals surface area contributed by atoms with Gasteiger partial charge in [-0.25, -0.2) is 4.39 Å². The van der Waals surface area contributed by atoms with E-state index in [4.69, 9.17) is 9.47 Å². The predicted molar refractivity (Wildman–Crippen MR) is 86.2 cm³/mol. The number of benzene rings is 2. The third kappa shape index (κ3) is 4.45. The van der Waals surface area contributed by atoms with E-state index >= 15 is 0 Å². The summed E-state index contributed by atoms with van der Waals surface area (Å²) in [4.78, 5) is 12.1. The third-order valence-electron chi connectivity index (χ3n) is 3.55. The zero-order valence-corrected chi connectivity index (χ0v) is 13.5. The molecule has 0 radical (unpaired) electrons. The topological polar surface area (TPSA) is 47.6 Å². The lowest BCUT2D eigenvalue weighted by molar-refractivity contribution is -0.120. The van der Waals surface area contributed by atoms with Crippen LogP contribution in [0.1, 0.15) is 16.7 Å². The Kier molecular flexibility index (Phi) is 5.57. The van der Waals surface area contributed by atoms with E-state index in [1.54, 1.807) is 51.5 Å². The highest BCUT2D eigenvalue weighted by atomic mass is 19.1. The maximum absolute atomic E-state index is 13.2. The van der Waals surface area contributed by atoms with Gasteiger partial charge in [-0.15, -0.1) is 0 Å². The molecule has 0 fully saturated rings. The molecule has 122 valence electrons. The van der Waals surface area contributed by atoms with E-state index in [0.29, 0.717) is 23.6 Å². The maximum atomic E-state index is 13.2. The summed E-state index contributed by atoms with van der Waals surface area (Å²) in [5.41, 5.74) is 2.17. The Morgan fingerprint density at radius 3 is 2.57 bits per heavy atom. The van der Waals surface area contributed by atoms with Gasteiger partial charge in [0.15, 0.2) is 0 Å². The van der Waals surface area contributed by atoms with E-state index in [-0.39, 0.29) is 18.1 Å². The Morgan fingerprint density at radius 2 is 1.91 bits per heavy atom. The van der Waals surface area contributed by atoms with Gasteiger partial charge in [-0.05, 0) is 42.3 Å². The van der Waals surface area contributed by atoms with Crippen molar-refractivity contribution < 1.29 is 18.7 Å². The molecule has 4 nitrogen and oxygen atoms in total. The Hall–Kier alpha value is -2.56. The number of ether oxygens (including phenoxy) is 2. The van der Waals surface area contributed by atoms with Gasteiger partial charge in [0, 0.05) is 12.1 Å². The molecule has 5 heteroatoms. The molecule has 2 aromatic carbocycles. The first-order chi connectivity index (χ1) is 11.0. The number of nitrogens with one attached hydrogen (secondary N) is 1. The van der Waals surface area contributed by atoms with E-state index < -0.39 is 0 Å². The number of amides is 1. The molecule has 0 aliphatic rings. The van der Waals surface area contributed by atoms with Crippen LogP contribution in [0.5, 0.6) is 11.5 Å². The average Bonchev–Trinajstić information content (AvgIpc) is 2.55. The molecule has 0 spiro atoms. The molecule has 0 aromatic heterocycles. The van der Waals surface area contributed by atoms with Crippen molar-refractivity contribution in [3.8, 4) is 11.5 Å². The molecule has 0 heterocycles. The largest absolute Gasteiger partial charge is 0.497 e. The van der Waals surface area contributed by atoms with E-state index in [1.165, 1.54) is 6.07 Å². The van der Waals surface area contributed by atoms with Crippen molar-refractivity contribution >= 4 is 5.91 Å². The van der Waals surface area contributed by atoms with Crippen LogP contribution in [0, 0.1) is 12.7 Å². The van der Waals surface area contributed by atoms with Gasteiger partial charge in [0.25, 0.3) is 0 Å². The Bertz CT molecular complexity index is 701. The molecule has 0 unspecified atom stereocenters. The fourth-order valence-corrected chi connectivity index (χ4v) is 2.27. The monoisotopic (exact) mass is 317 g/mol. The highest BCUT2D eigenvalue weighted by molar-refractivity contribution is 5.79. The highest BCUT2D eigenvalue weighted by Crippen LogP contribution is 2.24. The molecule has 1 N–H and O–H groups in total. The molecular formula is C18H20FNO3. The van der Waals surface area contributed by atoms with Crippen LogP contribution in [0.4, 0.5) is 4.39 Å². The van der Waals surface area contributed by atoms with Crippen molar-refractivity contribution in [1.82, 2.24) is 5.32 Å². The standard InChI is InChI=1S/C18H20FNO3/c1-12-8-13(4-6-16(12)19)11-20-18(21)10-14-9-15(22-2)5-7-17(14)23-3/h4-9H,10-11H2,1-3H3,(H,20,21). The van der Waals surface area contributed by atoms with Crippen LogP contribution in [0.3, 0.4) is 0 Å². The van der Waals surface area contributed by atoms with E-state index in [2.05, 4.69) is 5.32 Å². The average molecular weight is 317 g/mol. The van der Waals surface area contributed by atoms with Crippen LogP contribution in [0.25, 0.3) is 0 Å². The van der Waals surface area contributed by atoms with Crippen LogP contribution < -0.4 is 14.8 Å². The van der Waals surface area contributed by atoms with Crippen LogP contribution in [0.2, 0.25) is 0 Å². The number of halogens is 1. The second kappa shape index (κ2) is 7.63. The molecule has 0 aliphatic heterocycles. The van der Waals surface area contributed by atoms with Gasteiger partial charge in [-0.1, -0.05) is 12.1 Å². The maximum Gasteiger partial charge on any atom is 0.224 e. The normalized spacial score (nSPS) is 10.3. The number of carbonyl (C=O) groups is 1. The summed E-state index contributed by atoms with van der Waals surface area (Å²) in [6, 6.07) is 10.1. The van der Waals surface area contributed by atoms with E-state index in [9.17, 15) is 9.18 Å². The zero-order chi connectivity index (χ0) is 16.8. The second-order valence-electron chi connectivity index (χ2n) is 5.21. The first-order valence-electron chi connectivity index (χ1n) is 7.26. The van der Waals surface area contributed by atoms with Crippen molar-refractivity contribution in [2.45, 2.75) is 19.9 Å². The van der Waals surface area contributed by atoms with Gasteiger partial charge in [0.05, 0.1) is 20.6 Å². The van der Waals surface area contributed by atoms with Crippen LogP contribution in [-0.4, -0.2) is 20.1 Å². The summed E-state index contributed by atoms with van der Waals surface area (Å²) in [5, 5.41) is 2.83. The quantitative estimate of drug-likeness (QED) is 0.891. The summed E-state index contributed by atoms with van der Waals surface area (Å²) in [5.74, 6) is 0.918. The van der Waals surface area contributed by atoms with Crippen molar-refractivity contribution in [2.24, 2.45) is 0 Å². The van der Waals surface area contributed by atoms with Gasteiger partial charge in [-0.2, -0.15) is 0 Å². The molecule has 2 rings (SSSR count). The van der Waals surface area contributed by atoms with Crippen molar-refractivity contribution in [1.29, 1.82) is 0 Å². The van der Waals surface area contributed by atoms with Crippen molar-refractivity contribution in [2.75, 3.05) is 14.2 Å². The lowest BCUT2D eigenvalue weighted by atomic mass is 10.1. The van der Waals surface area contributed by atoms with E-state index in [0.717, 1.165) is 11.1 Å². The molecule has 0 saturated heterocycles. The number of rotatable bonds is 6. The van der Waals surface area contributed by atoms with Gasteiger partial charge in [-0.3, -0.25) is 4.79 Å². The van der Waals surface area contributed by atoms with Gasteiger partial charge in [0.1, 0.15) is 17.3 Å². The molecule has 1 amide bonds. The highest BCUT2D eigenvalue weighted by Gasteiger charge is 2.10. The van der Waals surface area contributed by atoms with Crippen molar-refractivity contribution in [3.05, 3.63) is 58.9 Å². The Morgan fingerprint density at radius 1 is 1.13 bits per heavy atom. The van der Waals surface area contributed by atoms with E-state index in [1.807, 2.05) is 0 Å². The third-order valence-corrected chi connectivity index (χ3v) is 3.55. The molecule has 23 heavy (non-hydrogen) atoms. The molecule has 0 bridgehead atoms. The number of carbonyl (C=O) groups excluding carboxylic acids is 1. The minimum Gasteiger partial charge on any atom is -0.497 e. The van der Waals surface area contributed by atoms with Gasteiger partial charge >= 0.3 is 0 Å². The summed E-state index contributed by atoms with van der Waals surface area (Å²) in [6.45, 7) is 2.05. The minimum atomic E-state index is -0.249. The molecule has 0 saturated carbocycles. The lowest BCUT2D eigenvalue weighted by Gasteiger charge is -2.11. The minimum absolute atomic E-state index is 0.140. The fraction of sp³-hybridized carbons (Fsp3) is 0.278. The second-order valence-corrected chi connectivity index (χ2v) is 5.21. The zero-order valence-electron chi connectivity index (χ0n) is 13.5. The molecular weight excluding hydrogens is 297 g/mol.